The molecule has 0 spiro atoms. The quantitative estimate of drug-likeness (QED) is 0.882. The molecule has 0 aliphatic rings. The highest BCUT2D eigenvalue weighted by Gasteiger charge is 2.05. The van der Waals surface area contributed by atoms with Crippen molar-refractivity contribution in [3.8, 4) is 11.3 Å². The Morgan fingerprint density at radius 1 is 1.42 bits per heavy atom. The molecule has 0 unspecified atom stereocenters. The number of carbonyl (C=O) groups is 1. The molecule has 0 saturated heterocycles. The van der Waals surface area contributed by atoms with Crippen molar-refractivity contribution in [2.24, 2.45) is 0 Å². The normalized spacial score (nSPS) is 10.4. The van der Waals surface area contributed by atoms with Gasteiger partial charge in [0.15, 0.2) is 0 Å². The highest BCUT2D eigenvalue weighted by atomic mass is 32.1. The number of benzene rings is 1. The molecule has 4 nitrogen and oxygen atoms in total. The van der Waals surface area contributed by atoms with Crippen molar-refractivity contribution in [2.45, 2.75) is 13.3 Å². The average molecular weight is 275 g/mol. The molecule has 0 fully saturated rings. The van der Waals surface area contributed by atoms with Gasteiger partial charge in [-0.25, -0.2) is 4.98 Å². The average Bonchev–Trinajstić information content (AvgIpc) is 2.83. The first-order valence-corrected chi connectivity index (χ1v) is 7.04. The fourth-order valence-electron chi connectivity index (χ4n) is 1.71. The molecule has 100 valence electrons. The zero-order chi connectivity index (χ0) is 13.7. The maximum absolute atomic E-state index is 11.7. The van der Waals surface area contributed by atoms with E-state index in [9.17, 15) is 4.79 Å². The van der Waals surface area contributed by atoms with Gasteiger partial charge in [0.25, 0.3) is 0 Å². The molecule has 19 heavy (non-hydrogen) atoms. The monoisotopic (exact) mass is 275 g/mol. The number of anilines is 1. The third-order valence-electron chi connectivity index (χ3n) is 2.66. The van der Waals surface area contributed by atoms with Gasteiger partial charge < -0.3 is 10.6 Å². The van der Waals surface area contributed by atoms with E-state index in [1.54, 1.807) is 11.3 Å². The van der Waals surface area contributed by atoms with Crippen LogP contribution in [-0.2, 0) is 4.79 Å². The minimum atomic E-state index is 0.0148. The number of nitrogens with one attached hydrogen (secondary N) is 2. The minimum absolute atomic E-state index is 0.0148. The van der Waals surface area contributed by atoms with Gasteiger partial charge in [-0.15, -0.1) is 11.3 Å². The Bertz CT molecular complexity index is 565. The van der Waals surface area contributed by atoms with Crippen molar-refractivity contribution >= 4 is 22.9 Å². The Balaban J connectivity index is 2.09. The Morgan fingerprint density at radius 3 is 2.95 bits per heavy atom. The van der Waals surface area contributed by atoms with Gasteiger partial charge in [0.05, 0.1) is 10.7 Å². The number of amides is 1. The standard InChI is InChI=1S/C14H17N3OS/c1-10-16-13(9-19-10)11-4-3-5-12(8-11)17-14(18)6-7-15-2/h3-5,8-9,15H,6-7H2,1-2H3,(H,17,18). The van der Waals surface area contributed by atoms with Gasteiger partial charge in [0.1, 0.15) is 0 Å². The number of thiazole rings is 1. The Morgan fingerprint density at radius 2 is 2.26 bits per heavy atom. The Kier molecular flexibility index (Phi) is 4.65. The van der Waals surface area contributed by atoms with Gasteiger partial charge >= 0.3 is 0 Å². The van der Waals surface area contributed by atoms with Gasteiger partial charge in [0.2, 0.25) is 5.91 Å². The first-order valence-electron chi connectivity index (χ1n) is 6.16. The van der Waals surface area contributed by atoms with Crippen molar-refractivity contribution < 1.29 is 4.79 Å². The lowest BCUT2D eigenvalue weighted by Gasteiger charge is -2.06. The molecular formula is C14H17N3OS. The van der Waals surface area contributed by atoms with E-state index in [2.05, 4.69) is 15.6 Å². The lowest BCUT2D eigenvalue weighted by molar-refractivity contribution is -0.116. The molecule has 0 radical (unpaired) electrons. The molecular weight excluding hydrogens is 258 g/mol. The summed E-state index contributed by atoms with van der Waals surface area (Å²) in [5.41, 5.74) is 2.79. The molecule has 0 aliphatic heterocycles. The van der Waals surface area contributed by atoms with Crippen LogP contribution in [0.15, 0.2) is 29.6 Å². The summed E-state index contributed by atoms with van der Waals surface area (Å²) in [4.78, 5) is 16.1. The summed E-state index contributed by atoms with van der Waals surface area (Å²) in [5, 5.41) is 8.91. The second-order valence-electron chi connectivity index (χ2n) is 4.23. The van der Waals surface area contributed by atoms with Crippen LogP contribution in [-0.4, -0.2) is 24.5 Å². The van der Waals surface area contributed by atoms with Crippen molar-refractivity contribution in [3.05, 3.63) is 34.7 Å². The van der Waals surface area contributed by atoms with Crippen molar-refractivity contribution in [3.63, 3.8) is 0 Å². The first kappa shape index (κ1) is 13.7. The van der Waals surface area contributed by atoms with Gasteiger partial charge in [0, 0.05) is 29.6 Å². The molecule has 1 aromatic carbocycles. The molecule has 1 amide bonds. The van der Waals surface area contributed by atoms with Crippen LogP contribution in [0.25, 0.3) is 11.3 Å². The van der Waals surface area contributed by atoms with Crippen molar-refractivity contribution in [1.29, 1.82) is 0 Å². The summed E-state index contributed by atoms with van der Waals surface area (Å²) in [7, 11) is 1.83. The van der Waals surface area contributed by atoms with E-state index in [4.69, 9.17) is 0 Å². The zero-order valence-electron chi connectivity index (χ0n) is 11.1. The van der Waals surface area contributed by atoms with Crippen LogP contribution in [0, 0.1) is 6.92 Å². The second-order valence-corrected chi connectivity index (χ2v) is 5.30. The van der Waals surface area contributed by atoms with E-state index in [0.717, 1.165) is 22.0 Å². The number of nitrogens with zero attached hydrogens (tertiary/aromatic N) is 1. The van der Waals surface area contributed by atoms with Gasteiger partial charge in [-0.05, 0) is 26.1 Å². The van der Waals surface area contributed by atoms with Gasteiger partial charge in [-0.1, -0.05) is 12.1 Å². The fraction of sp³-hybridized carbons (Fsp3) is 0.286. The predicted molar refractivity (Wildman–Crippen MR) is 79.5 cm³/mol. The van der Waals surface area contributed by atoms with E-state index in [-0.39, 0.29) is 5.91 Å². The smallest absolute Gasteiger partial charge is 0.225 e. The third kappa shape index (κ3) is 3.87. The molecule has 2 rings (SSSR count). The van der Waals surface area contributed by atoms with Crippen molar-refractivity contribution in [1.82, 2.24) is 10.3 Å². The maximum atomic E-state index is 11.7. The van der Waals surface area contributed by atoms with Crippen LogP contribution in [0.4, 0.5) is 5.69 Å². The van der Waals surface area contributed by atoms with E-state index < -0.39 is 0 Å². The summed E-state index contributed by atoms with van der Waals surface area (Å²) >= 11 is 1.62. The lowest BCUT2D eigenvalue weighted by atomic mass is 10.1. The van der Waals surface area contributed by atoms with E-state index >= 15 is 0 Å². The number of aryl methyl sites for hydroxylation is 1. The van der Waals surface area contributed by atoms with Gasteiger partial charge in [-0.2, -0.15) is 0 Å². The fourth-order valence-corrected chi connectivity index (χ4v) is 2.34. The molecule has 0 saturated carbocycles. The number of rotatable bonds is 5. The highest BCUT2D eigenvalue weighted by molar-refractivity contribution is 7.09. The maximum Gasteiger partial charge on any atom is 0.225 e. The van der Waals surface area contributed by atoms with Crippen molar-refractivity contribution in [2.75, 3.05) is 18.9 Å². The van der Waals surface area contributed by atoms with E-state index in [0.29, 0.717) is 13.0 Å². The summed E-state index contributed by atoms with van der Waals surface area (Å²) < 4.78 is 0. The predicted octanol–water partition coefficient (Wildman–Crippen LogP) is 2.67. The van der Waals surface area contributed by atoms with Gasteiger partial charge in [-0.3, -0.25) is 4.79 Å². The molecule has 5 heteroatoms. The highest BCUT2D eigenvalue weighted by Crippen LogP contribution is 2.24. The third-order valence-corrected chi connectivity index (χ3v) is 3.44. The molecule has 0 aliphatic carbocycles. The van der Waals surface area contributed by atoms with E-state index in [1.165, 1.54) is 0 Å². The largest absolute Gasteiger partial charge is 0.326 e. The number of aromatic nitrogens is 1. The molecule has 0 bridgehead atoms. The van der Waals surface area contributed by atoms with Crippen LogP contribution < -0.4 is 10.6 Å². The summed E-state index contributed by atoms with van der Waals surface area (Å²) in [6, 6.07) is 7.77. The number of hydrogen-bond donors (Lipinski definition) is 2. The molecule has 0 atom stereocenters. The summed E-state index contributed by atoms with van der Waals surface area (Å²) in [5.74, 6) is 0.0148. The van der Waals surface area contributed by atoms with Crippen LogP contribution in [0.3, 0.4) is 0 Å². The van der Waals surface area contributed by atoms with Crippen LogP contribution in [0.5, 0.6) is 0 Å². The Hall–Kier alpha value is -1.72. The minimum Gasteiger partial charge on any atom is -0.326 e. The number of carbonyl (C=O) groups excluding carboxylic acids is 1. The Labute approximate surface area is 116 Å². The SMILES string of the molecule is CNCCC(=O)Nc1cccc(-c2csc(C)n2)c1. The lowest BCUT2D eigenvalue weighted by Crippen LogP contribution is -2.18. The topological polar surface area (TPSA) is 54.0 Å². The van der Waals surface area contributed by atoms with Crippen LogP contribution in [0.2, 0.25) is 0 Å². The number of hydrogen-bond acceptors (Lipinski definition) is 4. The zero-order valence-corrected chi connectivity index (χ0v) is 11.9. The molecule has 1 aromatic heterocycles. The first-order chi connectivity index (χ1) is 9.19. The second kappa shape index (κ2) is 6.45. The summed E-state index contributed by atoms with van der Waals surface area (Å²) in [6.07, 6.45) is 0.469. The van der Waals surface area contributed by atoms with E-state index in [1.807, 2.05) is 43.6 Å². The summed E-state index contributed by atoms with van der Waals surface area (Å²) in [6.45, 7) is 2.66. The van der Waals surface area contributed by atoms with Crippen LogP contribution >= 0.6 is 11.3 Å². The molecule has 2 N–H and O–H groups in total. The molecule has 1 heterocycles. The molecule has 2 aromatic rings. The van der Waals surface area contributed by atoms with Crippen LogP contribution in [0.1, 0.15) is 11.4 Å².